The second kappa shape index (κ2) is 9.38. The van der Waals surface area contributed by atoms with Crippen molar-refractivity contribution in [2.45, 2.75) is 23.8 Å². The molecule has 0 bridgehead atoms. The predicted octanol–water partition coefficient (Wildman–Crippen LogP) is 3.80. The first-order valence-corrected chi connectivity index (χ1v) is 12.0. The van der Waals surface area contributed by atoms with Gasteiger partial charge in [0.2, 0.25) is 10.0 Å². The molecule has 1 fully saturated rings. The van der Waals surface area contributed by atoms with Crippen LogP contribution in [0, 0.1) is 0 Å². The molecule has 1 aromatic heterocycles. The van der Waals surface area contributed by atoms with Crippen molar-refractivity contribution < 1.29 is 18.3 Å². The van der Waals surface area contributed by atoms with Crippen molar-refractivity contribution in [2.24, 2.45) is 0 Å². The van der Waals surface area contributed by atoms with Crippen LogP contribution < -0.4 is 5.32 Å². The number of aliphatic hydroxyl groups is 1. The predicted molar refractivity (Wildman–Crippen MR) is 123 cm³/mol. The zero-order valence-corrected chi connectivity index (χ0v) is 18.7. The molecular weight excluding hydrogens is 450 g/mol. The molecule has 0 atom stereocenters. The number of carbonyl (C=O) groups excluding carboxylic acids is 1. The highest BCUT2D eigenvalue weighted by molar-refractivity contribution is 7.89. The Morgan fingerprint density at radius 2 is 1.78 bits per heavy atom. The molecule has 32 heavy (non-hydrogen) atoms. The van der Waals surface area contributed by atoms with Gasteiger partial charge < -0.3 is 10.4 Å². The molecule has 2 aromatic carbocycles. The number of amides is 1. The molecule has 2 heterocycles. The van der Waals surface area contributed by atoms with Crippen molar-refractivity contribution in [3.63, 3.8) is 0 Å². The van der Waals surface area contributed by atoms with E-state index in [-0.39, 0.29) is 23.9 Å². The van der Waals surface area contributed by atoms with Gasteiger partial charge in [0, 0.05) is 36.1 Å². The minimum atomic E-state index is -3.66. The number of aromatic nitrogens is 1. The fourth-order valence-corrected chi connectivity index (χ4v) is 5.22. The van der Waals surface area contributed by atoms with Gasteiger partial charge in [-0.1, -0.05) is 17.7 Å². The molecule has 1 aliphatic heterocycles. The molecule has 1 amide bonds. The third kappa shape index (κ3) is 4.83. The molecule has 0 saturated carbocycles. The van der Waals surface area contributed by atoms with Crippen LogP contribution in [0.3, 0.4) is 0 Å². The van der Waals surface area contributed by atoms with Gasteiger partial charge in [0.1, 0.15) is 0 Å². The third-order valence-electron chi connectivity index (χ3n) is 5.34. The third-order valence-corrected chi connectivity index (χ3v) is 7.59. The summed E-state index contributed by atoms with van der Waals surface area (Å²) in [5.74, 6) is -0.371. The number of nitrogens with zero attached hydrogens (tertiary/aromatic N) is 2. The maximum Gasteiger partial charge on any atom is 0.255 e. The molecule has 0 aliphatic carbocycles. The molecule has 0 radical (unpaired) electrons. The van der Waals surface area contributed by atoms with E-state index in [4.69, 9.17) is 11.6 Å². The summed E-state index contributed by atoms with van der Waals surface area (Å²) in [5, 5.41) is 12.9. The van der Waals surface area contributed by atoms with Crippen LogP contribution in [-0.2, 0) is 10.0 Å². The summed E-state index contributed by atoms with van der Waals surface area (Å²) >= 11 is 6.29. The van der Waals surface area contributed by atoms with Gasteiger partial charge in [0.25, 0.3) is 5.91 Å². The SMILES string of the molecule is O=C(Nc1ccc(Cl)c(-c2ccccn2)c1)c1ccc(S(=O)(=O)N2CCC(O)CC2)cc1. The minimum absolute atomic E-state index is 0.120. The summed E-state index contributed by atoms with van der Waals surface area (Å²) in [6.45, 7) is 0.557. The lowest BCUT2D eigenvalue weighted by Crippen LogP contribution is -2.39. The first kappa shape index (κ1) is 22.4. The van der Waals surface area contributed by atoms with Gasteiger partial charge in [0.15, 0.2) is 0 Å². The first-order valence-electron chi connectivity index (χ1n) is 10.2. The smallest absolute Gasteiger partial charge is 0.255 e. The highest BCUT2D eigenvalue weighted by atomic mass is 35.5. The van der Waals surface area contributed by atoms with Crippen molar-refractivity contribution in [1.29, 1.82) is 0 Å². The Balaban J connectivity index is 1.49. The summed E-state index contributed by atoms with van der Waals surface area (Å²) in [6.07, 6.45) is 2.04. The van der Waals surface area contributed by atoms with Crippen LogP contribution in [0.2, 0.25) is 5.02 Å². The van der Waals surface area contributed by atoms with Crippen LogP contribution in [0.1, 0.15) is 23.2 Å². The summed E-state index contributed by atoms with van der Waals surface area (Å²) in [6, 6.07) is 16.4. The number of sulfonamides is 1. The van der Waals surface area contributed by atoms with Gasteiger partial charge in [-0.3, -0.25) is 9.78 Å². The van der Waals surface area contributed by atoms with Crippen molar-refractivity contribution in [1.82, 2.24) is 9.29 Å². The quantitative estimate of drug-likeness (QED) is 0.589. The molecule has 1 saturated heterocycles. The highest BCUT2D eigenvalue weighted by Crippen LogP contribution is 2.29. The summed E-state index contributed by atoms with van der Waals surface area (Å²) in [4.78, 5) is 17.1. The van der Waals surface area contributed by atoms with Gasteiger partial charge >= 0.3 is 0 Å². The normalized spacial score (nSPS) is 15.4. The maximum atomic E-state index is 12.8. The fourth-order valence-electron chi connectivity index (χ4n) is 3.53. The fraction of sp³-hybridized carbons (Fsp3) is 0.217. The number of hydrogen-bond donors (Lipinski definition) is 2. The van der Waals surface area contributed by atoms with E-state index in [1.165, 1.54) is 28.6 Å². The molecule has 3 aromatic rings. The average Bonchev–Trinajstić information content (AvgIpc) is 2.81. The number of anilines is 1. The number of carbonyl (C=O) groups is 1. The number of benzene rings is 2. The Kier molecular flexibility index (Phi) is 6.57. The first-order chi connectivity index (χ1) is 15.3. The minimum Gasteiger partial charge on any atom is -0.393 e. The molecule has 1 aliphatic rings. The second-order valence-corrected chi connectivity index (χ2v) is 9.87. The van der Waals surface area contributed by atoms with E-state index in [2.05, 4.69) is 10.3 Å². The highest BCUT2D eigenvalue weighted by Gasteiger charge is 2.28. The lowest BCUT2D eigenvalue weighted by atomic mass is 10.1. The Morgan fingerprint density at radius 1 is 1.06 bits per heavy atom. The molecule has 7 nitrogen and oxygen atoms in total. The van der Waals surface area contributed by atoms with Crippen LogP contribution in [0.5, 0.6) is 0 Å². The summed E-state index contributed by atoms with van der Waals surface area (Å²) < 4.78 is 27.0. The number of pyridine rings is 1. The molecule has 4 rings (SSSR count). The van der Waals surface area contributed by atoms with E-state index in [9.17, 15) is 18.3 Å². The van der Waals surface area contributed by atoms with Crippen LogP contribution >= 0.6 is 11.6 Å². The average molecular weight is 472 g/mol. The lowest BCUT2D eigenvalue weighted by molar-refractivity contribution is 0.102. The lowest BCUT2D eigenvalue weighted by Gasteiger charge is -2.28. The monoisotopic (exact) mass is 471 g/mol. The number of aliphatic hydroxyl groups excluding tert-OH is 1. The number of piperidine rings is 1. The zero-order valence-electron chi connectivity index (χ0n) is 17.1. The largest absolute Gasteiger partial charge is 0.393 e. The number of rotatable bonds is 5. The molecule has 0 unspecified atom stereocenters. The molecule has 0 spiro atoms. The summed E-state index contributed by atoms with van der Waals surface area (Å²) in [7, 11) is -3.66. The van der Waals surface area contributed by atoms with E-state index in [0.717, 1.165) is 0 Å². The van der Waals surface area contributed by atoms with Gasteiger partial charge in [-0.2, -0.15) is 4.31 Å². The topological polar surface area (TPSA) is 99.6 Å². The standard InChI is InChI=1S/C23H22ClN3O4S/c24-21-9-6-17(15-20(21)22-3-1-2-12-25-22)26-23(29)16-4-7-19(8-5-16)32(30,31)27-13-10-18(28)11-14-27/h1-9,12,15,18,28H,10-11,13-14H2,(H,26,29). The van der Waals surface area contributed by atoms with Crippen molar-refractivity contribution >= 4 is 33.2 Å². The van der Waals surface area contributed by atoms with Gasteiger partial charge in [-0.15, -0.1) is 0 Å². The Bertz CT molecular complexity index is 1210. The van der Waals surface area contributed by atoms with Gasteiger partial charge in [-0.25, -0.2) is 8.42 Å². The second-order valence-electron chi connectivity index (χ2n) is 7.52. The molecule has 166 valence electrons. The van der Waals surface area contributed by atoms with Crippen LogP contribution in [0.15, 0.2) is 71.8 Å². The van der Waals surface area contributed by atoms with Crippen LogP contribution in [0.25, 0.3) is 11.3 Å². The number of nitrogens with one attached hydrogen (secondary N) is 1. The van der Waals surface area contributed by atoms with Gasteiger partial charge in [-0.05, 0) is 67.4 Å². The van der Waals surface area contributed by atoms with Crippen molar-refractivity contribution in [3.05, 3.63) is 77.4 Å². The maximum absolute atomic E-state index is 12.8. The van der Waals surface area contributed by atoms with E-state index in [0.29, 0.717) is 40.4 Å². The van der Waals surface area contributed by atoms with E-state index < -0.39 is 16.1 Å². The van der Waals surface area contributed by atoms with E-state index >= 15 is 0 Å². The van der Waals surface area contributed by atoms with Crippen molar-refractivity contribution in [3.8, 4) is 11.3 Å². The molecule has 2 N–H and O–H groups in total. The summed E-state index contributed by atoms with van der Waals surface area (Å²) in [5.41, 5.74) is 2.25. The van der Waals surface area contributed by atoms with Gasteiger partial charge in [0.05, 0.1) is 21.7 Å². The van der Waals surface area contributed by atoms with E-state index in [1.807, 2.05) is 18.2 Å². The van der Waals surface area contributed by atoms with E-state index in [1.54, 1.807) is 24.4 Å². The van der Waals surface area contributed by atoms with Crippen LogP contribution in [0.4, 0.5) is 5.69 Å². The molecule has 9 heteroatoms. The number of halogens is 1. The van der Waals surface area contributed by atoms with Crippen molar-refractivity contribution in [2.75, 3.05) is 18.4 Å². The Labute approximate surface area is 191 Å². The molecular formula is C23H22ClN3O4S. The Morgan fingerprint density at radius 3 is 2.44 bits per heavy atom. The van der Waals surface area contributed by atoms with Crippen LogP contribution in [-0.4, -0.2) is 47.9 Å². The number of hydrogen-bond acceptors (Lipinski definition) is 5. The zero-order chi connectivity index (χ0) is 22.7. The Hall–Kier alpha value is -2.78.